The highest BCUT2D eigenvalue weighted by atomic mass is 79.9. The monoisotopic (exact) mass is 511 g/mol. The van der Waals surface area contributed by atoms with Crippen molar-refractivity contribution in [2.24, 2.45) is 5.92 Å². The van der Waals surface area contributed by atoms with E-state index in [4.69, 9.17) is 4.74 Å². The number of hydrogen-bond acceptors (Lipinski definition) is 3. The van der Waals surface area contributed by atoms with Crippen LogP contribution in [0.3, 0.4) is 0 Å². The van der Waals surface area contributed by atoms with Gasteiger partial charge in [-0.15, -0.1) is 0 Å². The third-order valence-corrected chi connectivity index (χ3v) is 6.03. The van der Waals surface area contributed by atoms with Gasteiger partial charge in [-0.2, -0.15) is 0 Å². The molecular weight excluding hydrogens is 478 g/mol. The summed E-state index contributed by atoms with van der Waals surface area (Å²) in [4.78, 5) is 24.5. The summed E-state index contributed by atoms with van der Waals surface area (Å²) in [7, 11) is 0. The van der Waals surface area contributed by atoms with Crippen molar-refractivity contribution in [3.63, 3.8) is 0 Å². The number of halogens is 1. The minimum atomic E-state index is -0.495. The molecule has 1 unspecified atom stereocenters. The maximum absolute atomic E-state index is 12.6. The number of benzene rings is 2. The third-order valence-electron chi connectivity index (χ3n) is 5.54. The van der Waals surface area contributed by atoms with Crippen molar-refractivity contribution in [1.29, 1.82) is 0 Å². The van der Waals surface area contributed by atoms with E-state index < -0.39 is 5.60 Å². The van der Waals surface area contributed by atoms with Gasteiger partial charge in [-0.05, 0) is 69.4 Å². The second-order valence-corrected chi connectivity index (χ2v) is 11.0. The van der Waals surface area contributed by atoms with Crippen molar-refractivity contribution >= 4 is 38.6 Å². The number of esters is 1. The topological polar surface area (TPSA) is 48.3 Å². The molecule has 0 saturated heterocycles. The molecular formula is C28H34BrNO3. The first-order chi connectivity index (χ1) is 15.5. The van der Waals surface area contributed by atoms with Crippen LogP contribution < -0.4 is 0 Å². The molecule has 0 N–H and O–H groups in total. The number of fused-ring (bicyclic) bond motifs is 1. The van der Waals surface area contributed by atoms with E-state index in [2.05, 4.69) is 76.9 Å². The molecule has 3 aromatic rings. The molecule has 0 aliphatic carbocycles. The van der Waals surface area contributed by atoms with E-state index in [1.54, 1.807) is 0 Å². The number of hydrogen-bond donors (Lipinski definition) is 0. The fraction of sp³-hybridized carbons (Fsp3) is 0.429. The molecule has 0 amide bonds. The summed E-state index contributed by atoms with van der Waals surface area (Å²) in [5.41, 5.74) is 2.58. The molecule has 33 heavy (non-hydrogen) atoms. The Balaban J connectivity index is 1.71. The number of carbonyl (C=O) groups excluding carboxylic acids is 2. The number of nitrogens with zero attached hydrogens (tertiary/aromatic N) is 1. The van der Waals surface area contributed by atoms with Crippen molar-refractivity contribution in [1.82, 2.24) is 4.57 Å². The SMILES string of the molecule is CC(C)CC(c1ccc(C(=O)CCCC(=O)OC(C)(C)C)cc1)n1ccc2cc(Br)ccc21. The number of rotatable bonds is 9. The summed E-state index contributed by atoms with van der Waals surface area (Å²) in [6.45, 7) is 10.0. The first-order valence-electron chi connectivity index (χ1n) is 11.6. The lowest BCUT2D eigenvalue weighted by atomic mass is 9.94. The predicted octanol–water partition coefficient (Wildman–Crippen LogP) is 7.73. The molecule has 0 radical (unpaired) electrons. The van der Waals surface area contributed by atoms with Crippen LogP contribution in [0.1, 0.15) is 82.3 Å². The maximum atomic E-state index is 12.6. The lowest BCUT2D eigenvalue weighted by Gasteiger charge is -2.23. The summed E-state index contributed by atoms with van der Waals surface area (Å²) in [5.74, 6) is 0.326. The molecule has 5 heteroatoms. The van der Waals surface area contributed by atoms with Crippen LogP contribution in [0, 0.1) is 5.92 Å². The lowest BCUT2D eigenvalue weighted by Crippen LogP contribution is -2.23. The molecule has 0 aliphatic heterocycles. The smallest absolute Gasteiger partial charge is 0.306 e. The van der Waals surface area contributed by atoms with E-state index in [1.165, 1.54) is 16.5 Å². The Morgan fingerprint density at radius 3 is 2.33 bits per heavy atom. The number of ether oxygens (including phenoxy) is 1. The van der Waals surface area contributed by atoms with E-state index >= 15 is 0 Å². The van der Waals surface area contributed by atoms with E-state index in [-0.39, 0.29) is 24.2 Å². The molecule has 1 atom stereocenters. The van der Waals surface area contributed by atoms with E-state index in [1.807, 2.05) is 32.9 Å². The van der Waals surface area contributed by atoms with Gasteiger partial charge >= 0.3 is 5.97 Å². The fourth-order valence-corrected chi connectivity index (χ4v) is 4.46. The highest BCUT2D eigenvalue weighted by molar-refractivity contribution is 9.10. The van der Waals surface area contributed by atoms with Gasteiger partial charge in [0.1, 0.15) is 5.60 Å². The van der Waals surface area contributed by atoms with E-state index in [9.17, 15) is 9.59 Å². The maximum Gasteiger partial charge on any atom is 0.306 e. The van der Waals surface area contributed by atoms with Crippen LogP contribution in [-0.4, -0.2) is 21.9 Å². The molecule has 1 aromatic heterocycles. The zero-order chi connectivity index (χ0) is 24.2. The molecule has 0 bridgehead atoms. The van der Waals surface area contributed by atoms with Gasteiger partial charge < -0.3 is 9.30 Å². The highest BCUT2D eigenvalue weighted by Crippen LogP contribution is 2.31. The Bertz CT molecular complexity index is 1110. The molecule has 0 saturated carbocycles. The van der Waals surface area contributed by atoms with Crippen molar-refractivity contribution in [3.05, 3.63) is 70.3 Å². The number of Topliss-reactive ketones (excluding diaryl/α,β-unsaturated/α-hetero) is 1. The zero-order valence-electron chi connectivity index (χ0n) is 20.2. The van der Waals surface area contributed by atoms with E-state index in [0.717, 1.165) is 10.9 Å². The summed E-state index contributed by atoms with van der Waals surface area (Å²) in [6.07, 6.45) is 4.25. The Morgan fingerprint density at radius 2 is 1.70 bits per heavy atom. The van der Waals surface area contributed by atoms with Crippen LogP contribution in [0.4, 0.5) is 0 Å². The molecule has 0 aliphatic rings. The number of carbonyl (C=O) groups is 2. The second kappa shape index (κ2) is 10.7. The normalized spacial score (nSPS) is 12.8. The van der Waals surface area contributed by atoms with Crippen LogP contribution in [-0.2, 0) is 9.53 Å². The van der Waals surface area contributed by atoms with Crippen molar-refractivity contribution < 1.29 is 14.3 Å². The van der Waals surface area contributed by atoms with Gasteiger partial charge in [-0.3, -0.25) is 9.59 Å². The Hall–Kier alpha value is -2.40. The van der Waals surface area contributed by atoms with Crippen molar-refractivity contribution in [3.8, 4) is 0 Å². The van der Waals surface area contributed by atoms with Gasteiger partial charge in [-0.1, -0.05) is 54.0 Å². The van der Waals surface area contributed by atoms with Gasteiger partial charge in [-0.25, -0.2) is 0 Å². The van der Waals surface area contributed by atoms with Crippen LogP contribution in [0.2, 0.25) is 0 Å². The van der Waals surface area contributed by atoms with Crippen LogP contribution in [0.15, 0.2) is 59.2 Å². The van der Waals surface area contributed by atoms with Crippen molar-refractivity contribution in [2.75, 3.05) is 0 Å². The van der Waals surface area contributed by atoms with Crippen LogP contribution in [0.25, 0.3) is 10.9 Å². The number of ketones is 1. The molecule has 0 spiro atoms. The van der Waals surface area contributed by atoms with Gasteiger partial charge in [0.05, 0.1) is 6.04 Å². The van der Waals surface area contributed by atoms with Gasteiger partial charge in [0.25, 0.3) is 0 Å². The van der Waals surface area contributed by atoms with Crippen LogP contribution in [0.5, 0.6) is 0 Å². The molecule has 4 nitrogen and oxygen atoms in total. The number of aromatic nitrogens is 1. The fourth-order valence-electron chi connectivity index (χ4n) is 4.08. The molecule has 0 fully saturated rings. The Morgan fingerprint density at radius 1 is 1.00 bits per heavy atom. The summed E-state index contributed by atoms with van der Waals surface area (Å²) >= 11 is 3.56. The largest absolute Gasteiger partial charge is 0.460 e. The quantitative estimate of drug-likeness (QED) is 0.218. The second-order valence-electron chi connectivity index (χ2n) is 10.1. The third kappa shape index (κ3) is 7.04. The zero-order valence-corrected chi connectivity index (χ0v) is 21.8. The molecule has 1 heterocycles. The summed E-state index contributed by atoms with van der Waals surface area (Å²) in [5, 5.41) is 1.20. The van der Waals surface area contributed by atoms with Gasteiger partial charge in [0.2, 0.25) is 0 Å². The summed E-state index contributed by atoms with van der Waals surface area (Å²) in [6, 6.07) is 16.7. The predicted molar refractivity (Wildman–Crippen MR) is 138 cm³/mol. The van der Waals surface area contributed by atoms with Crippen molar-refractivity contribution in [2.45, 2.75) is 71.9 Å². The average Bonchev–Trinajstić information content (AvgIpc) is 3.13. The van der Waals surface area contributed by atoms with Gasteiger partial charge in [0.15, 0.2) is 5.78 Å². The minimum Gasteiger partial charge on any atom is -0.460 e. The van der Waals surface area contributed by atoms with E-state index in [0.29, 0.717) is 24.3 Å². The molecule has 3 rings (SSSR count). The van der Waals surface area contributed by atoms with Gasteiger partial charge in [0, 0.05) is 40.0 Å². The Labute approximate surface area is 205 Å². The summed E-state index contributed by atoms with van der Waals surface area (Å²) < 4.78 is 8.72. The highest BCUT2D eigenvalue weighted by Gasteiger charge is 2.19. The molecule has 176 valence electrons. The first-order valence-corrected chi connectivity index (χ1v) is 12.4. The molecule has 2 aromatic carbocycles. The Kier molecular flexibility index (Phi) is 8.17. The lowest BCUT2D eigenvalue weighted by molar-refractivity contribution is -0.154. The van der Waals surface area contributed by atoms with Crippen LogP contribution >= 0.6 is 15.9 Å². The standard InChI is InChI=1S/C28H34BrNO3/c1-19(2)17-25(30-16-15-22-18-23(29)13-14-24(22)30)20-9-11-21(12-10-20)26(31)7-6-8-27(32)33-28(3,4)5/h9-16,18-19,25H,6-8,17H2,1-5H3. The average molecular weight is 512 g/mol. The minimum absolute atomic E-state index is 0.0572. The first kappa shape index (κ1) is 25.2.